The molecular formula is C14H18BrNO4. The van der Waals surface area contributed by atoms with Crippen LogP contribution >= 0.6 is 15.9 Å². The van der Waals surface area contributed by atoms with E-state index in [4.69, 9.17) is 9.47 Å². The minimum absolute atomic E-state index is 0.159. The number of hydrogen-bond donors (Lipinski definition) is 1. The van der Waals surface area contributed by atoms with Gasteiger partial charge in [-0.05, 0) is 26.0 Å². The molecule has 1 rings (SSSR count). The van der Waals surface area contributed by atoms with Crippen molar-refractivity contribution in [2.24, 2.45) is 0 Å². The van der Waals surface area contributed by atoms with Crippen molar-refractivity contribution < 1.29 is 19.1 Å². The Balaban J connectivity index is 2.94. The van der Waals surface area contributed by atoms with Crippen LogP contribution in [0.3, 0.4) is 0 Å². The van der Waals surface area contributed by atoms with Gasteiger partial charge in [0, 0.05) is 0 Å². The monoisotopic (exact) mass is 343 g/mol. The molecule has 0 aliphatic heterocycles. The number of hydrogen-bond acceptors (Lipinski definition) is 4. The molecule has 5 nitrogen and oxygen atoms in total. The summed E-state index contributed by atoms with van der Waals surface area (Å²) >= 11 is 3.03. The molecule has 0 radical (unpaired) electrons. The Morgan fingerprint density at radius 3 is 2.15 bits per heavy atom. The second-order valence-electron chi connectivity index (χ2n) is 3.89. The molecule has 1 aromatic rings. The van der Waals surface area contributed by atoms with Gasteiger partial charge in [-0.2, -0.15) is 0 Å². The van der Waals surface area contributed by atoms with Gasteiger partial charge in [0.05, 0.1) is 25.0 Å². The van der Waals surface area contributed by atoms with Crippen molar-refractivity contribution in [3.8, 4) is 11.5 Å². The van der Waals surface area contributed by atoms with Gasteiger partial charge in [0.2, 0.25) is 5.91 Å². The molecule has 0 heterocycles. The van der Waals surface area contributed by atoms with E-state index in [1.807, 2.05) is 13.8 Å². The molecule has 0 aliphatic rings. The molecule has 1 N–H and O–H groups in total. The van der Waals surface area contributed by atoms with Crippen molar-refractivity contribution in [2.75, 3.05) is 23.9 Å². The van der Waals surface area contributed by atoms with Gasteiger partial charge in [0.1, 0.15) is 17.2 Å². The largest absolute Gasteiger partial charge is 0.492 e. The van der Waals surface area contributed by atoms with E-state index in [0.29, 0.717) is 30.4 Å². The molecule has 6 heteroatoms. The first-order chi connectivity index (χ1) is 9.62. The predicted molar refractivity (Wildman–Crippen MR) is 80.8 cm³/mol. The molecule has 1 amide bonds. The molecule has 0 bridgehead atoms. The van der Waals surface area contributed by atoms with Gasteiger partial charge in [-0.3, -0.25) is 9.59 Å². The molecule has 0 unspecified atom stereocenters. The number of carbonyl (C=O) groups is 2. The normalized spacial score (nSPS) is 9.95. The molecule has 1 aromatic carbocycles. The smallest absolute Gasteiger partial charge is 0.232 e. The summed E-state index contributed by atoms with van der Waals surface area (Å²) in [6.45, 7) is 4.65. The predicted octanol–water partition coefficient (Wildman–Crippen LogP) is 2.78. The van der Waals surface area contributed by atoms with E-state index < -0.39 is 0 Å². The number of rotatable bonds is 8. The molecule has 110 valence electrons. The highest BCUT2D eigenvalue weighted by Gasteiger charge is 2.15. The number of para-hydroxylation sites is 1. The van der Waals surface area contributed by atoms with Gasteiger partial charge in [0.25, 0.3) is 0 Å². The van der Waals surface area contributed by atoms with Crippen LogP contribution in [0.25, 0.3) is 0 Å². The number of carbonyl (C=O) groups excluding carboxylic acids is 2. The van der Waals surface area contributed by atoms with Crippen molar-refractivity contribution >= 4 is 33.3 Å². The number of amides is 1. The Bertz CT molecular complexity index is 452. The van der Waals surface area contributed by atoms with Crippen molar-refractivity contribution in [1.82, 2.24) is 0 Å². The molecule has 0 saturated heterocycles. The van der Waals surface area contributed by atoms with Crippen LogP contribution in [0, 0.1) is 0 Å². The van der Waals surface area contributed by atoms with Crippen LogP contribution in [0.4, 0.5) is 5.69 Å². The SMILES string of the molecule is CCOc1cccc(OCC)c1NC(=O)CC(=O)CBr. The zero-order valence-corrected chi connectivity index (χ0v) is 13.2. The van der Waals surface area contributed by atoms with Crippen LogP contribution in [0.15, 0.2) is 18.2 Å². The van der Waals surface area contributed by atoms with Crippen molar-refractivity contribution in [3.63, 3.8) is 0 Å². The number of anilines is 1. The Morgan fingerprint density at radius 2 is 1.70 bits per heavy atom. The van der Waals surface area contributed by atoms with Crippen LogP contribution in [0.5, 0.6) is 11.5 Å². The molecule has 0 aromatic heterocycles. The zero-order valence-electron chi connectivity index (χ0n) is 11.6. The van der Waals surface area contributed by atoms with Gasteiger partial charge in [-0.25, -0.2) is 0 Å². The van der Waals surface area contributed by atoms with E-state index in [1.165, 1.54) is 0 Å². The van der Waals surface area contributed by atoms with Gasteiger partial charge in [-0.15, -0.1) is 0 Å². The van der Waals surface area contributed by atoms with Crippen molar-refractivity contribution in [3.05, 3.63) is 18.2 Å². The molecular weight excluding hydrogens is 326 g/mol. The number of alkyl halides is 1. The topological polar surface area (TPSA) is 64.6 Å². The van der Waals surface area contributed by atoms with Crippen LogP contribution in [0.2, 0.25) is 0 Å². The third-order valence-electron chi connectivity index (χ3n) is 2.36. The second-order valence-corrected chi connectivity index (χ2v) is 4.45. The van der Waals surface area contributed by atoms with E-state index in [1.54, 1.807) is 18.2 Å². The molecule has 0 spiro atoms. The number of ether oxygens (including phenoxy) is 2. The Labute approximate surface area is 126 Å². The average Bonchev–Trinajstić information content (AvgIpc) is 2.42. The summed E-state index contributed by atoms with van der Waals surface area (Å²) in [5.74, 6) is 0.480. The summed E-state index contributed by atoms with van der Waals surface area (Å²) in [6.07, 6.45) is -0.183. The summed E-state index contributed by atoms with van der Waals surface area (Å²) < 4.78 is 10.9. The van der Waals surface area contributed by atoms with E-state index in [9.17, 15) is 9.59 Å². The van der Waals surface area contributed by atoms with Gasteiger partial charge in [0.15, 0.2) is 5.78 Å². The van der Waals surface area contributed by atoms with E-state index in [0.717, 1.165) is 0 Å². The lowest BCUT2D eigenvalue weighted by molar-refractivity contribution is -0.123. The van der Waals surface area contributed by atoms with Crippen molar-refractivity contribution in [2.45, 2.75) is 20.3 Å². The van der Waals surface area contributed by atoms with Gasteiger partial charge >= 0.3 is 0 Å². The number of benzene rings is 1. The fourth-order valence-corrected chi connectivity index (χ4v) is 1.79. The number of Topliss-reactive ketones (excluding diaryl/α,β-unsaturated/α-hetero) is 1. The van der Waals surface area contributed by atoms with Gasteiger partial charge in [-0.1, -0.05) is 22.0 Å². The summed E-state index contributed by atoms with van der Waals surface area (Å²) in [6, 6.07) is 5.27. The summed E-state index contributed by atoms with van der Waals surface area (Å²) in [5.41, 5.74) is 0.462. The van der Waals surface area contributed by atoms with E-state index >= 15 is 0 Å². The highest BCUT2D eigenvalue weighted by Crippen LogP contribution is 2.34. The Hall–Kier alpha value is -1.56. The summed E-state index contributed by atoms with van der Waals surface area (Å²) in [4.78, 5) is 23.1. The molecule has 0 atom stereocenters. The Morgan fingerprint density at radius 1 is 1.15 bits per heavy atom. The number of ketones is 1. The van der Waals surface area contributed by atoms with Crippen LogP contribution in [-0.2, 0) is 9.59 Å². The van der Waals surface area contributed by atoms with Crippen LogP contribution in [0.1, 0.15) is 20.3 Å². The lowest BCUT2D eigenvalue weighted by Crippen LogP contribution is -2.18. The summed E-state index contributed by atoms with van der Waals surface area (Å²) in [5, 5.41) is 2.84. The third-order valence-corrected chi connectivity index (χ3v) is 2.98. The van der Waals surface area contributed by atoms with Gasteiger partial charge < -0.3 is 14.8 Å². The minimum Gasteiger partial charge on any atom is -0.492 e. The first-order valence-electron chi connectivity index (χ1n) is 6.38. The first kappa shape index (κ1) is 16.5. The molecule has 0 fully saturated rings. The maximum Gasteiger partial charge on any atom is 0.232 e. The number of nitrogens with one attached hydrogen (secondary N) is 1. The standard InChI is InChI=1S/C14H18BrNO4/c1-3-19-11-6-5-7-12(20-4-2)14(11)16-13(18)8-10(17)9-15/h5-7H,3-4,8-9H2,1-2H3,(H,16,18). The quantitative estimate of drug-likeness (QED) is 0.582. The van der Waals surface area contributed by atoms with E-state index in [-0.39, 0.29) is 23.4 Å². The molecule has 0 saturated carbocycles. The second kappa shape index (κ2) is 8.58. The molecule has 0 aliphatic carbocycles. The molecule has 20 heavy (non-hydrogen) atoms. The highest BCUT2D eigenvalue weighted by atomic mass is 79.9. The van der Waals surface area contributed by atoms with Crippen molar-refractivity contribution in [1.29, 1.82) is 0 Å². The maximum atomic E-state index is 11.8. The fourth-order valence-electron chi connectivity index (χ4n) is 1.60. The lowest BCUT2D eigenvalue weighted by atomic mass is 10.2. The number of halogens is 1. The first-order valence-corrected chi connectivity index (χ1v) is 7.50. The fraction of sp³-hybridized carbons (Fsp3) is 0.429. The zero-order chi connectivity index (χ0) is 15.0. The maximum absolute atomic E-state index is 11.8. The van der Waals surface area contributed by atoms with E-state index in [2.05, 4.69) is 21.2 Å². The third kappa shape index (κ3) is 4.85. The average molecular weight is 344 g/mol. The van der Waals surface area contributed by atoms with Crippen LogP contribution < -0.4 is 14.8 Å². The minimum atomic E-state index is -0.387. The van der Waals surface area contributed by atoms with Crippen LogP contribution in [-0.4, -0.2) is 30.2 Å². The lowest BCUT2D eigenvalue weighted by Gasteiger charge is -2.15. The summed E-state index contributed by atoms with van der Waals surface area (Å²) in [7, 11) is 0. The highest BCUT2D eigenvalue weighted by molar-refractivity contribution is 9.09. The Kier molecular flexibility index (Phi) is 7.08.